The molecule has 0 N–H and O–H groups in total. The number of fused-ring (bicyclic) bond motifs is 3. The van der Waals surface area contributed by atoms with Crippen molar-refractivity contribution in [3.63, 3.8) is 0 Å². The molecule has 1 aromatic heterocycles. The first kappa shape index (κ1) is 20.3. The first-order valence-corrected chi connectivity index (χ1v) is 10.1. The molecule has 0 radical (unpaired) electrons. The molecular formula is C23H24ClN3O3. The van der Waals surface area contributed by atoms with Crippen molar-refractivity contribution in [3.05, 3.63) is 68.5 Å². The van der Waals surface area contributed by atoms with Crippen LogP contribution in [0.15, 0.2) is 46.2 Å². The first-order chi connectivity index (χ1) is 14.3. The lowest BCUT2D eigenvalue weighted by Crippen LogP contribution is -2.41. The molecule has 6 nitrogen and oxygen atoms in total. The van der Waals surface area contributed by atoms with Gasteiger partial charge in [-0.2, -0.15) is 0 Å². The SMILES string of the molecule is COc1cc2c(cc1OC)C(C)Cn1c-2cc(=Nc2cccc(Cl)c2C)n(C)c1=O. The number of nitrogens with zero attached hydrogens (tertiary/aromatic N) is 3. The maximum atomic E-state index is 13.2. The van der Waals surface area contributed by atoms with E-state index in [0.717, 1.165) is 28.1 Å². The van der Waals surface area contributed by atoms with Gasteiger partial charge in [-0.25, -0.2) is 9.79 Å². The lowest BCUT2D eigenvalue weighted by Gasteiger charge is -2.28. The minimum absolute atomic E-state index is 0.113. The number of hydrogen-bond acceptors (Lipinski definition) is 4. The molecule has 0 spiro atoms. The van der Waals surface area contributed by atoms with Gasteiger partial charge in [0.05, 0.1) is 25.6 Å². The highest BCUT2D eigenvalue weighted by atomic mass is 35.5. The number of rotatable bonds is 3. The molecule has 0 fully saturated rings. The van der Waals surface area contributed by atoms with Gasteiger partial charge in [0.15, 0.2) is 11.5 Å². The van der Waals surface area contributed by atoms with E-state index in [1.807, 2.05) is 43.3 Å². The third-order valence-electron chi connectivity index (χ3n) is 5.71. The molecule has 4 rings (SSSR count). The number of halogens is 1. The Labute approximate surface area is 180 Å². The molecule has 0 aliphatic carbocycles. The summed E-state index contributed by atoms with van der Waals surface area (Å²) in [6, 6.07) is 11.4. The summed E-state index contributed by atoms with van der Waals surface area (Å²) in [4.78, 5) is 17.9. The lowest BCUT2D eigenvalue weighted by atomic mass is 9.89. The average molecular weight is 426 g/mol. The molecular weight excluding hydrogens is 402 g/mol. The van der Waals surface area contributed by atoms with Crippen LogP contribution in [0.4, 0.5) is 5.69 Å². The molecule has 2 aromatic carbocycles. The average Bonchev–Trinajstić information content (AvgIpc) is 2.75. The second-order valence-corrected chi connectivity index (χ2v) is 7.94. The van der Waals surface area contributed by atoms with Crippen LogP contribution in [0.2, 0.25) is 5.02 Å². The zero-order chi connectivity index (χ0) is 21.6. The summed E-state index contributed by atoms with van der Waals surface area (Å²) in [5.74, 6) is 1.46. The highest BCUT2D eigenvalue weighted by Gasteiger charge is 2.26. The van der Waals surface area contributed by atoms with Crippen molar-refractivity contribution < 1.29 is 9.47 Å². The van der Waals surface area contributed by atoms with Crippen LogP contribution in [-0.4, -0.2) is 23.4 Å². The van der Waals surface area contributed by atoms with Crippen molar-refractivity contribution in [2.45, 2.75) is 26.3 Å². The van der Waals surface area contributed by atoms with Crippen LogP contribution in [0.3, 0.4) is 0 Å². The number of ether oxygens (including phenoxy) is 2. The Kier molecular flexibility index (Phi) is 5.20. The van der Waals surface area contributed by atoms with Crippen LogP contribution in [-0.2, 0) is 13.6 Å². The first-order valence-electron chi connectivity index (χ1n) is 9.72. The molecule has 1 atom stereocenters. The van der Waals surface area contributed by atoms with E-state index < -0.39 is 0 Å². The standard InChI is InChI=1S/C23H24ClN3O3/c1-13-12-27-19(16-10-21(30-5)20(29-4)9-15(13)16)11-22(26(3)23(27)28)25-18-8-6-7-17(24)14(18)2/h6-11,13H,12H2,1-5H3. The largest absolute Gasteiger partial charge is 0.493 e. The molecule has 1 unspecified atom stereocenters. The van der Waals surface area contributed by atoms with E-state index in [9.17, 15) is 4.79 Å². The summed E-state index contributed by atoms with van der Waals surface area (Å²) in [6.07, 6.45) is 0. The predicted molar refractivity (Wildman–Crippen MR) is 118 cm³/mol. The van der Waals surface area contributed by atoms with Crippen LogP contribution in [0, 0.1) is 6.92 Å². The van der Waals surface area contributed by atoms with E-state index in [1.165, 1.54) is 0 Å². The number of benzene rings is 2. The van der Waals surface area contributed by atoms with Gasteiger partial charge >= 0.3 is 5.69 Å². The fourth-order valence-electron chi connectivity index (χ4n) is 3.92. The van der Waals surface area contributed by atoms with Crippen molar-refractivity contribution in [1.29, 1.82) is 0 Å². The molecule has 3 aromatic rings. The van der Waals surface area contributed by atoms with Gasteiger partial charge in [-0.1, -0.05) is 24.6 Å². The van der Waals surface area contributed by atoms with Crippen molar-refractivity contribution in [3.8, 4) is 22.8 Å². The second-order valence-electron chi connectivity index (χ2n) is 7.53. The summed E-state index contributed by atoms with van der Waals surface area (Å²) in [5, 5.41) is 0.643. The zero-order valence-corrected chi connectivity index (χ0v) is 18.4. The predicted octanol–water partition coefficient (Wildman–Crippen LogP) is 4.18. The molecule has 1 aliphatic rings. The fourth-order valence-corrected chi connectivity index (χ4v) is 4.09. The summed E-state index contributed by atoms with van der Waals surface area (Å²) in [6.45, 7) is 4.61. The summed E-state index contributed by atoms with van der Waals surface area (Å²) in [7, 11) is 4.97. The lowest BCUT2D eigenvalue weighted by molar-refractivity contribution is 0.354. The van der Waals surface area contributed by atoms with Gasteiger partial charge in [0.2, 0.25) is 0 Å². The van der Waals surface area contributed by atoms with Gasteiger partial charge < -0.3 is 9.47 Å². The maximum absolute atomic E-state index is 13.2. The summed E-state index contributed by atoms with van der Waals surface area (Å²) < 4.78 is 14.4. The molecule has 156 valence electrons. The van der Waals surface area contributed by atoms with E-state index in [4.69, 9.17) is 26.1 Å². The van der Waals surface area contributed by atoms with Crippen LogP contribution >= 0.6 is 11.6 Å². The van der Waals surface area contributed by atoms with Gasteiger partial charge in [0.1, 0.15) is 5.49 Å². The van der Waals surface area contributed by atoms with Crippen LogP contribution in [0.1, 0.15) is 24.0 Å². The Morgan fingerprint density at radius 3 is 2.53 bits per heavy atom. The Morgan fingerprint density at radius 2 is 1.83 bits per heavy atom. The van der Waals surface area contributed by atoms with Crippen molar-refractivity contribution in [1.82, 2.24) is 9.13 Å². The third kappa shape index (κ3) is 3.21. The Bertz CT molecular complexity index is 1270. The highest BCUT2D eigenvalue weighted by Crippen LogP contribution is 2.41. The van der Waals surface area contributed by atoms with Crippen molar-refractivity contribution in [2.24, 2.45) is 12.0 Å². The second kappa shape index (κ2) is 7.69. The number of aromatic nitrogens is 2. The molecule has 0 saturated carbocycles. The summed E-state index contributed by atoms with van der Waals surface area (Å²) >= 11 is 6.25. The van der Waals surface area contributed by atoms with E-state index in [1.54, 1.807) is 30.4 Å². The monoisotopic (exact) mass is 425 g/mol. The zero-order valence-electron chi connectivity index (χ0n) is 17.7. The van der Waals surface area contributed by atoms with Gasteiger partial charge in [0.25, 0.3) is 0 Å². The number of hydrogen-bond donors (Lipinski definition) is 0. The van der Waals surface area contributed by atoms with E-state index >= 15 is 0 Å². The van der Waals surface area contributed by atoms with Crippen molar-refractivity contribution in [2.75, 3.05) is 14.2 Å². The molecule has 2 heterocycles. The molecule has 7 heteroatoms. The molecule has 30 heavy (non-hydrogen) atoms. The number of methoxy groups -OCH3 is 2. The fraction of sp³-hybridized carbons (Fsp3) is 0.304. The van der Waals surface area contributed by atoms with E-state index in [-0.39, 0.29) is 11.6 Å². The van der Waals surface area contributed by atoms with Gasteiger partial charge in [-0.3, -0.25) is 9.13 Å². The normalized spacial score (nSPS) is 15.5. The Morgan fingerprint density at radius 1 is 1.13 bits per heavy atom. The van der Waals surface area contributed by atoms with Gasteiger partial charge in [0, 0.05) is 36.2 Å². The van der Waals surface area contributed by atoms with Crippen LogP contribution in [0.5, 0.6) is 11.5 Å². The van der Waals surface area contributed by atoms with Gasteiger partial charge in [-0.15, -0.1) is 0 Å². The van der Waals surface area contributed by atoms with Crippen LogP contribution in [0.25, 0.3) is 11.3 Å². The third-order valence-corrected chi connectivity index (χ3v) is 6.12. The minimum Gasteiger partial charge on any atom is -0.493 e. The molecule has 1 aliphatic heterocycles. The quantitative estimate of drug-likeness (QED) is 0.632. The Balaban J connectivity index is 2.02. The minimum atomic E-state index is -0.113. The maximum Gasteiger partial charge on any atom is 0.329 e. The van der Waals surface area contributed by atoms with E-state index in [2.05, 4.69) is 6.92 Å². The highest BCUT2D eigenvalue weighted by molar-refractivity contribution is 6.31. The molecule has 0 saturated heterocycles. The molecule has 0 bridgehead atoms. The topological polar surface area (TPSA) is 57.8 Å². The van der Waals surface area contributed by atoms with Crippen molar-refractivity contribution >= 4 is 17.3 Å². The Hall–Kier alpha value is -2.99. The van der Waals surface area contributed by atoms with Gasteiger partial charge in [-0.05, 0) is 42.3 Å². The smallest absolute Gasteiger partial charge is 0.329 e. The summed E-state index contributed by atoms with van der Waals surface area (Å²) in [5.41, 5.74) is 4.93. The van der Waals surface area contributed by atoms with Crippen LogP contribution < -0.4 is 20.7 Å². The van der Waals surface area contributed by atoms with E-state index in [0.29, 0.717) is 28.6 Å². The molecule has 0 amide bonds.